The van der Waals surface area contributed by atoms with Crippen molar-refractivity contribution in [2.75, 3.05) is 9.80 Å². The van der Waals surface area contributed by atoms with Crippen molar-refractivity contribution in [3.8, 4) is 0 Å². The Balaban J connectivity index is 1.06. The molecule has 12 aromatic rings. The smallest absolute Gasteiger partial charge is 0.110 e. The van der Waals surface area contributed by atoms with Crippen LogP contribution in [-0.4, -0.2) is 4.40 Å². The van der Waals surface area contributed by atoms with Crippen molar-refractivity contribution in [2.45, 2.75) is 0 Å². The Labute approximate surface area is 325 Å². The number of hydrogen-bond acceptors (Lipinski definition) is 4. The molecule has 0 unspecified atom stereocenters. The first-order valence-electron chi connectivity index (χ1n) is 18.6. The maximum atomic E-state index is 2.57. The van der Waals surface area contributed by atoms with Gasteiger partial charge in [-0.05, 0) is 102 Å². The number of fused-ring (bicyclic) bond motifs is 11. The van der Waals surface area contributed by atoms with Gasteiger partial charge < -0.3 is 9.80 Å². The number of para-hydroxylation sites is 5. The van der Waals surface area contributed by atoms with E-state index in [2.05, 4.69) is 202 Å². The number of benzene rings is 8. The van der Waals surface area contributed by atoms with Gasteiger partial charge >= 0.3 is 0 Å². The van der Waals surface area contributed by atoms with Gasteiger partial charge in [0, 0.05) is 75.8 Å². The zero-order chi connectivity index (χ0) is 36.0. The number of hydrogen-bond donors (Lipinski definition) is 0. The molecule has 3 nitrogen and oxygen atoms in total. The molecule has 0 radical (unpaired) electrons. The molecule has 4 heterocycles. The summed E-state index contributed by atoms with van der Waals surface area (Å²) in [4.78, 5) is 7.35. The highest BCUT2D eigenvalue weighted by Crippen LogP contribution is 2.51. The first-order valence-corrected chi connectivity index (χ1v) is 20.2. The zero-order valence-corrected chi connectivity index (χ0v) is 31.2. The summed E-state index contributed by atoms with van der Waals surface area (Å²) in [5.74, 6) is 0. The van der Waals surface area contributed by atoms with Crippen LogP contribution in [0.5, 0.6) is 0 Å². The van der Waals surface area contributed by atoms with Crippen molar-refractivity contribution in [3.05, 3.63) is 188 Å². The first kappa shape index (κ1) is 30.8. The second-order valence-electron chi connectivity index (χ2n) is 14.2. The average Bonchev–Trinajstić information content (AvgIpc) is 3.97. The van der Waals surface area contributed by atoms with Crippen LogP contribution >= 0.6 is 22.7 Å². The zero-order valence-electron chi connectivity index (χ0n) is 29.6. The molecule has 0 bridgehead atoms. The van der Waals surface area contributed by atoms with Gasteiger partial charge in [-0.25, -0.2) is 0 Å². The lowest BCUT2D eigenvalue weighted by Crippen LogP contribution is -2.09. The summed E-state index contributed by atoms with van der Waals surface area (Å²) >= 11 is 3.83. The number of thiophene rings is 2. The highest BCUT2D eigenvalue weighted by molar-refractivity contribution is 7.27. The van der Waals surface area contributed by atoms with E-state index >= 15 is 0 Å². The monoisotopic (exact) mass is 737 g/mol. The Kier molecular flexibility index (Phi) is 6.67. The van der Waals surface area contributed by atoms with E-state index in [1.165, 1.54) is 67.7 Å². The van der Waals surface area contributed by atoms with Crippen LogP contribution in [0.15, 0.2) is 188 Å². The topological polar surface area (TPSA) is 10.9 Å². The average molecular weight is 738 g/mol. The van der Waals surface area contributed by atoms with Gasteiger partial charge in [0.15, 0.2) is 0 Å². The molecule has 0 spiro atoms. The van der Waals surface area contributed by atoms with Crippen LogP contribution < -0.4 is 9.80 Å². The molecule has 0 aliphatic heterocycles. The van der Waals surface area contributed by atoms with E-state index in [0.29, 0.717) is 0 Å². The van der Waals surface area contributed by atoms with E-state index < -0.39 is 0 Å². The summed E-state index contributed by atoms with van der Waals surface area (Å²) in [5, 5.41) is 10.5. The molecule has 0 N–H and O–H groups in total. The van der Waals surface area contributed by atoms with Crippen molar-refractivity contribution in [3.63, 3.8) is 0 Å². The van der Waals surface area contributed by atoms with Gasteiger partial charge in [0.05, 0.1) is 5.52 Å². The highest BCUT2D eigenvalue weighted by Gasteiger charge is 2.25. The maximum absolute atomic E-state index is 2.57. The van der Waals surface area contributed by atoms with E-state index in [-0.39, 0.29) is 0 Å². The number of aromatic nitrogens is 1. The van der Waals surface area contributed by atoms with Gasteiger partial charge in [-0.3, -0.25) is 4.40 Å². The summed E-state index contributed by atoms with van der Waals surface area (Å²) in [5.41, 5.74) is 8.21. The van der Waals surface area contributed by atoms with Gasteiger partial charge in [-0.15, -0.1) is 22.7 Å². The molecular weight excluding hydrogens is 707 g/mol. The normalized spacial score (nSPS) is 12.0. The van der Waals surface area contributed by atoms with Crippen molar-refractivity contribution in [1.82, 2.24) is 4.40 Å². The number of rotatable bonds is 6. The van der Waals surface area contributed by atoms with Gasteiger partial charge in [0.1, 0.15) is 9.66 Å². The Bertz CT molecular complexity index is 3290. The molecule has 0 saturated heterocycles. The first-order chi connectivity index (χ1) is 27.3. The lowest BCUT2D eigenvalue weighted by molar-refractivity contribution is 1.29. The molecule has 4 aromatic heterocycles. The molecule has 0 amide bonds. The largest absolute Gasteiger partial charge is 0.310 e. The quantitative estimate of drug-likeness (QED) is 0.168. The summed E-state index contributed by atoms with van der Waals surface area (Å²) in [6.45, 7) is 0. The Morgan fingerprint density at radius 2 is 0.800 bits per heavy atom. The Morgan fingerprint density at radius 3 is 1.35 bits per heavy atom. The molecule has 12 rings (SSSR count). The van der Waals surface area contributed by atoms with Crippen molar-refractivity contribution >= 4 is 124 Å². The van der Waals surface area contributed by atoms with Crippen LogP contribution in [-0.2, 0) is 0 Å². The fourth-order valence-corrected chi connectivity index (χ4v) is 11.2. The fourth-order valence-electron chi connectivity index (χ4n) is 8.69. The molecule has 258 valence electrons. The lowest BCUT2D eigenvalue weighted by atomic mass is 10.0. The lowest BCUT2D eigenvalue weighted by Gasteiger charge is -2.25. The van der Waals surface area contributed by atoms with Gasteiger partial charge in [0.25, 0.3) is 0 Å². The fraction of sp³-hybridized carbons (Fsp3) is 0. The van der Waals surface area contributed by atoms with E-state index in [0.717, 1.165) is 34.1 Å². The van der Waals surface area contributed by atoms with Crippen LogP contribution in [0.2, 0.25) is 0 Å². The van der Waals surface area contributed by atoms with Crippen LogP contribution in [0.25, 0.3) is 67.7 Å². The summed E-state index contributed by atoms with van der Waals surface area (Å²) in [7, 11) is 0. The second kappa shape index (κ2) is 11.9. The molecule has 0 atom stereocenters. The second-order valence-corrected chi connectivity index (χ2v) is 16.2. The van der Waals surface area contributed by atoms with Crippen LogP contribution in [0.3, 0.4) is 0 Å². The maximum Gasteiger partial charge on any atom is 0.110 e. The van der Waals surface area contributed by atoms with E-state index in [4.69, 9.17) is 0 Å². The van der Waals surface area contributed by atoms with Gasteiger partial charge in [-0.1, -0.05) is 97.1 Å². The molecule has 0 saturated carbocycles. The number of anilines is 6. The predicted octanol–water partition coefficient (Wildman–Crippen LogP) is 15.4. The molecule has 5 heteroatoms. The van der Waals surface area contributed by atoms with E-state index in [1.807, 2.05) is 22.7 Å². The van der Waals surface area contributed by atoms with Gasteiger partial charge in [0.2, 0.25) is 0 Å². The summed E-state index contributed by atoms with van der Waals surface area (Å²) in [6.07, 6.45) is 0. The highest BCUT2D eigenvalue weighted by atomic mass is 32.1. The minimum Gasteiger partial charge on any atom is -0.310 e. The van der Waals surface area contributed by atoms with Crippen molar-refractivity contribution in [2.24, 2.45) is 0 Å². The van der Waals surface area contributed by atoms with Crippen molar-refractivity contribution < 1.29 is 0 Å². The van der Waals surface area contributed by atoms with Gasteiger partial charge in [-0.2, -0.15) is 0 Å². The van der Waals surface area contributed by atoms with Crippen LogP contribution in [0, 0.1) is 0 Å². The van der Waals surface area contributed by atoms with Crippen LogP contribution in [0.4, 0.5) is 34.1 Å². The molecule has 0 fully saturated rings. The molecule has 55 heavy (non-hydrogen) atoms. The minimum absolute atomic E-state index is 1.14. The third-order valence-corrected chi connectivity index (χ3v) is 13.3. The molecule has 0 aliphatic carbocycles. The predicted molar refractivity (Wildman–Crippen MR) is 239 cm³/mol. The molecule has 0 aliphatic rings. The number of nitrogens with zero attached hydrogens (tertiary/aromatic N) is 3. The molecular formula is C50H31N3S2. The third-order valence-electron chi connectivity index (χ3n) is 11.0. The minimum atomic E-state index is 1.14. The Hall–Kier alpha value is -6.66. The summed E-state index contributed by atoms with van der Waals surface area (Å²) in [6, 6.07) is 68.3. The standard InChI is InChI=1S/C50H31N3S2/c1-5-14-34(15-6-1)51(35-16-7-2-8-17-35)38-25-24-32-30-45-42(29-33(32)28-38)46-40-22-13-23-41-47-43-31-39(26-27-44(43)54-49(47)53(48(40)41)50(46)55-45)52(36-18-9-3-10-19-36)37-20-11-4-12-21-37/h1-31H. The Morgan fingerprint density at radius 1 is 0.327 bits per heavy atom. The van der Waals surface area contributed by atoms with Crippen molar-refractivity contribution in [1.29, 1.82) is 0 Å². The van der Waals surface area contributed by atoms with Crippen LogP contribution in [0.1, 0.15) is 0 Å². The van der Waals surface area contributed by atoms with E-state index in [1.54, 1.807) is 0 Å². The van der Waals surface area contributed by atoms with E-state index in [9.17, 15) is 0 Å². The summed E-state index contributed by atoms with van der Waals surface area (Å²) < 4.78 is 5.20. The molecule has 8 aromatic carbocycles. The SMILES string of the molecule is c1ccc(N(c2ccccc2)c2ccc3cc4sc5c(c4cc3c2)c2cccc3c4c6cc(N(c7ccccc7)c7ccccc7)ccc6sc4n5c32)cc1. The third kappa shape index (κ3) is 4.61.